The van der Waals surface area contributed by atoms with Crippen LogP contribution in [-0.2, 0) is 0 Å². The molecule has 0 saturated heterocycles. The molecule has 1 rings (SSSR count). The first-order valence-electron chi connectivity index (χ1n) is 4.99. The van der Waals surface area contributed by atoms with Crippen LogP contribution in [0.15, 0.2) is 18.2 Å². The topological polar surface area (TPSA) is 72.2 Å². The van der Waals surface area contributed by atoms with E-state index < -0.39 is 4.92 Å². The molecule has 0 spiro atoms. The van der Waals surface area contributed by atoms with Gasteiger partial charge in [0.25, 0.3) is 5.69 Å². The van der Waals surface area contributed by atoms with Gasteiger partial charge >= 0.3 is 0 Å². The minimum Gasteiger partial charge on any atom is -0.309 e. The molecule has 0 heterocycles. The van der Waals surface area contributed by atoms with Gasteiger partial charge in [0.05, 0.1) is 17.0 Å². The summed E-state index contributed by atoms with van der Waals surface area (Å²) in [7, 11) is 1.76. The Morgan fingerprint density at radius 1 is 1.53 bits per heavy atom. The van der Waals surface area contributed by atoms with E-state index in [4.69, 9.17) is 0 Å². The zero-order chi connectivity index (χ0) is 12.8. The van der Waals surface area contributed by atoms with E-state index in [0.717, 1.165) is 0 Å². The fourth-order valence-corrected chi connectivity index (χ4v) is 1.29. The quantitative estimate of drug-likeness (QED) is 0.370. The van der Waals surface area contributed by atoms with Gasteiger partial charge in [-0.3, -0.25) is 14.9 Å². The summed E-state index contributed by atoms with van der Waals surface area (Å²) in [6.07, 6.45) is 0. The van der Waals surface area contributed by atoms with Crippen LogP contribution in [0.25, 0.3) is 0 Å². The van der Waals surface area contributed by atoms with Crippen molar-refractivity contribution in [2.45, 2.75) is 6.92 Å². The number of rotatable bonds is 3. The number of hydrogen-bond acceptors (Lipinski definition) is 4. The molecular weight excluding hydrogens is 220 g/mol. The summed E-state index contributed by atoms with van der Waals surface area (Å²) in [6, 6.07) is 4.36. The lowest BCUT2D eigenvalue weighted by atomic mass is 10.1. The Balaban J connectivity index is 3.16. The van der Waals surface area contributed by atoms with E-state index >= 15 is 0 Å². The Kier molecular flexibility index (Phi) is 4.37. The van der Waals surface area contributed by atoms with Crippen LogP contribution in [0.2, 0.25) is 0 Å². The van der Waals surface area contributed by atoms with Gasteiger partial charge in [0.2, 0.25) is 0 Å². The van der Waals surface area contributed by atoms with Gasteiger partial charge in [0.1, 0.15) is 0 Å². The van der Waals surface area contributed by atoms with Crippen molar-refractivity contribution in [3.05, 3.63) is 39.4 Å². The maximum absolute atomic E-state index is 11.2. The van der Waals surface area contributed by atoms with Gasteiger partial charge in [-0.15, -0.1) is 0 Å². The molecule has 0 bridgehead atoms. The molecule has 0 saturated carbocycles. The van der Waals surface area contributed by atoms with Crippen LogP contribution in [0, 0.1) is 22.0 Å². The Labute approximate surface area is 99.0 Å². The Bertz CT molecular complexity index is 512. The average molecular weight is 232 g/mol. The summed E-state index contributed by atoms with van der Waals surface area (Å²) in [4.78, 5) is 21.4. The summed E-state index contributed by atoms with van der Waals surface area (Å²) in [6.45, 7) is 1.80. The molecule has 1 aromatic rings. The minimum absolute atomic E-state index is 0.106. The minimum atomic E-state index is -0.569. The van der Waals surface area contributed by atoms with Crippen molar-refractivity contribution in [1.82, 2.24) is 5.32 Å². The number of carbonyl (C=O) groups excluding carboxylic acids is 1. The van der Waals surface area contributed by atoms with Gasteiger partial charge in [0.15, 0.2) is 5.78 Å². The number of Topliss-reactive ketones (excluding diaryl/α,β-unsaturated/α-hetero) is 1. The van der Waals surface area contributed by atoms with Crippen LogP contribution in [0.5, 0.6) is 0 Å². The summed E-state index contributed by atoms with van der Waals surface area (Å²) in [5.74, 6) is 5.25. The molecule has 0 aliphatic rings. The maximum atomic E-state index is 11.2. The highest BCUT2D eigenvalue weighted by molar-refractivity contribution is 5.98. The standard InChI is InChI=1S/C12H12N2O3/c1-9(15)11-6-5-10(4-3-7-13-2)8-12(11)14(16)17/h5-6,8,13H,7H2,1-2H3. The van der Waals surface area contributed by atoms with Gasteiger partial charge in [0, 0.05) is 11.6 Å². The fraction of sp³-hybridized carbons (Fsp3) is 0.250. The molecule has 0 aromatic heterocycles. The molecule has 5 nitrogen and oxygen atoms in total. The summed E-state index contributed by atoms with van der Waals surface area (Å²) in [5.41, 5.74) is 0.430. The van der Waals surface area contributed by atoms with E-state index in [9.17, 15) is 14.9 Å². The molecule has 1 N–H and O–H groups in total. The summed E-state index contributed by atoms with van der Waals surface area (Å²) < 4.78 is 0. The number of ketones is 1. The Hall–Kier alpha value is -2.19. The van der Waals surface area contributed by atoms with Crippen molar-refractivity contribution in [3.63, 3.8) is 0 Å². The zero-order valence-electron chi connectivity index (χ0n) is 9.61. The molecular formula is C12H12N2O3. The largest absolute Gasteiger partial charge is 0.309 e. The second kappa shape index (κ2) is 5.77. The van der Waals surface area contributed by atoms with Crippen LogP contribution in [-0.4, -0.2) is 24.3 Å². The van der Waals surface area contributed by atoms with Crippen LogP contribution in [0.1, 0.15) is 22.8 Å². The highest BCUT2D eigenvalue weighted by atomic mass is 16.6. The highest BCUT2D eigenvalue weighted by Gasteiger charge is 2.17. The number of nitrogens with one attached hydrogen (secondary N) is 1. The van der Waals surface area contributed by atoms with E-state index in [1.807, 2.05) is 0 Å². The van der Waals surface area contributed by atoms with Crippen molar-refractivity contribution in [2.24, 2.45) is 0 Å². The fourth-order valence-electron chi connectivity index (χ4n) is 1.29. The molecule has 0 amide bonds. The van der Waals surface area contributed by atoms with Gasteiger partial charge in [-0.2, -0.15) is 0 Å². The highest BCUT2D eigenvalue weighted by Crippen LogP contribution is 2.20. The molecule has 17 heavy (non-hydrogen) atoms. The van der Waals surface area contributed by atoms with Crippen molar-refractivity contribution < 1.29 is 9.72 Å². The number of hydrogen-bond donors (Lipinski definition) is 1. The van der Waals surface area contributed by atoms with Gasteiger partial charge in [-0.25, -0.2) is 0 Å². The van der Waals surface area contributed by atoms with Crippen LogP contribution >= 0.6 is 0 Å². The Morgan fingerprint density at radius 3 is 2.76 bits per heavy atom. The van der Waals surface area contributed by atoms with Crippen molar-refractivity contribution in [1.29, 1.82) is 0 Å². The molecule has 0 atom stereocenters. The van der Waals surface area contributed by atoms with Gasteiger partial charge < -0.3 is 5.32 Å². The van der Waals surface area contributed by atoms with Crippen molar-refractivity contribution in [3.8, 4) is 11.8 Å². The molecule has 88 valence electrons. The lowest BCUT2D eigenvalue weighted by Gasteiger charge is -1.99. The normalized spacial score (nSPS) is 9.29. The Morgan fingerprint density at radius 2 is 2.24 bits per heavy atom. The first kappa shape index (κ1) is 12.9. The first-order chi connectivity index (χ1) is 8.06. The second-order valence-corrected chi connectivity index (χ2v) is 3.38. The second-order valence-electron chi connectivity index (χ2n) is 3.38. The monoisotopic (exact) mass is 232 g/mol. The molecule has 1 aromatic carbocycles. The number of nitrogens with zero attached hydrogens (tertiary/aromatic N) is 1. The molecule has 5 heteroatoms. The average Bonchev–Trinajstić information content (AvgIpc) is 2.29. The third-order valence-electron chi connectivity index (χ3n) is 2.07. The number of nitro benzene ring substituents is 1. The van der Waals surface area contributed by atoms with E-state index in [2.05, 4.69) is 17.2 Å². The molecule has 0 unspecified atom stereocenters. The molecule has 0 fully saturated rings. The molecule has 0 aliphatic heterocycles. The summed E-state index contributed by atoms with van der Waals surface area (Å²) in [5, 5.41) is 13.6. The predicted octanol–water partition coefficient (Wildman–Crippen LogP) is 1.37. The lowest BCUT2D eigenvalue weighted by molar-refractivity contribution is -0.385. The lowest BCUT2D eigenvalue weighted by Crippen LogP contribution is -2.04. The van der Waals surface area contributed by atoms with Crippen LogP contribution < -0.4 is 5.32 Å². The van der Waals surface area contributed by atoms with E-state index in [1.54, 1.807) is 13.1 Å². The van der Waals surface area contributed by atoms with Crippen molar-refractivity contribution in [2.75, 3.05) is 13.6 Å². The van der Waals surface area contributed by atoms with Gasteiger partial charge in [-0.1, -0.05) is 11.8 Å². The van der Waals surface area contributed by atoms with Crippen LogP contribution in [0.3, 0.4) is 0 Å². The maximum Gasteiger partial charge on any atom is 0.281 e. The third kappa shape index (κ3) is 3.40. The number of nitro groups is 1. The third-order valence-corrected chi connectivity index (χ3v) is 2.07. The first-order valence-corrected chi connectivity index (χ1v) is 4.99. The van der Waals surface area contributed by atoms with Gasteiger partial charge in [-0.05, 0) is 26.1 Å². The van der Waals surface area contributed by atoms with Crippen LogP contribution in [0.4, 0.5) is 5.69 Å². The number of carbonyl (C=O) groups is 1. The molecule has 0 aliphatic carbocycles. The molecule has 0 radical (unpaired) electrons. The van der Waals surface area contributed by atoms with E-state index in [0.29, 0.717) is 12.1 Å². The van der Waals surface area contributed by atoms with E-state index in [-0.39, 0.29) is 17.0 Å². The zero-order valence-corrected chi connectivity index (χ0v) is 9.61. The predicted molar refractivity (Wildman–Crippen MR) is 63.9 cm³/mol. The smallest absolute Gasteiger partial charge is 0.281 e. The SMILES string of the molecule is CNCC#Cc1ccc(C(C)=O)c([N+](=O)[O-])c1. The number of benzene rings is 1. The van der Waals surface area contributed by atoms with E-state index in [1.165, 1.54) is 19.1 Å². The summed E-state index contributed by atoms with van der Waals surface area (Å²) >= 11 is 0. The van der Waals surface area contributed by atoms with Crippen molar-refractivity contribution >= 4 is 11.5 Å².